The van der Waals surface area contributed by atoms with Crippen molar-refractivity contribution in [3.05, 3.63) is 16.4 Å². The summed E-state index contributed by atoms with van der Waals surface area (Å²) < 4.78 is 3.06. The SMILES string of the molecule is CCc1c(Br)[c]nn1CCC(C)C. The van der Waals surface area contributed by atoms with Gasteiger partial charge in [0.15, 0.2) is 0 Å². The third-order valence-electron chi connectivity index (χ3n) is 2.09. The molecule has 0 spiro atoms. The zero-order valence-electron chi connectivity index (χ0n) is 8.47. The molecule has 1 aromatic heterocycles. The molecule has 2 nitrogen and oxygen atoms in total. The van der Waals surface area contributed by atoms with Crippen LogP contribution in [0.4, 0.5) is 0 Å². The van der Waals surface area contributed by atoms with Gasteiger partial charge in [0.1, 0.15) is 6.20 Å². The van der Waals surface area contributed by atoms with Gasteiger partial charge in [-0.2, -0.15) is 5.10 Å². The number of hydrogen-bond acceptors (Lipinski definition) is 1. The average molecular weight is 244 g/mol. The molecule has 0 amide bonds. The van der Waals surface area contributed by atoms with Gasteiger partial charge in [-0.05, 0) is 34.7 Å². The average Bonchev–Trinajstić information content (AvgIpc) is 2.42. The van der Waals surface area contributed by atoms with E-state index in [9.17, 15) is 0 Å². The van der Waals surface area contributed by atoms with Gasteiger partial charge < -0.3 is 0 Å². The summed E-state index contributed by atoms with van der Waals surface area (Å²) in [6.07, 6.45) is 5.13. The first-order chi connectivity index (χ1) is 6.15. The van der Waals surface area contributed by atoms with Crippen molar-refractivity contribution in [1.29, 1.82) is 0 Å². The third kappa shape index (κ3) is 2.83. The van der Waals surface area contributed by atoms with Gasteiger partial charge in [0, 0.05) is 6.54 Å². The van der Waals surface area contributed by atoms with E-state index >= 15 is 0 Å². The van der Waals surface area contributed by atoms with Crippen LogP contribution in [0.2, 0.25) is 0 Å². The van der Waals surface area contributed by atoms with E-state index in [0.29, 0.717) is 0 Å². The van der Waals surface area contributed by atoms with Crippen LogP contribution in [0.1, 0.15) is 32.9 Å². The monoisotopic (exact) mass is 243 g/mol. The Bertz CT molecular complexity index is 266. The molecule has 0 saturated heterocycles. The predicted octanol–water partition coefficient (Wildman–Crippen LogP) is 3.05. The fraction of sp³-hybridized carbons (Fsp3) is 0.700. The van der Waals surface area contributed by atoms with Crippen LogP contribution in [0.3, 0.4) is 0 Å². The van der Waals surface area contributed by atoms with Gasteiger partial charge in [-0.15, -0.1) is 0 Å². The van der Waals surface area contributed by atoms with Crippen LogP contribution in [0.25, 0.3) is 0 Å². The van der Waals surface area contributed by atoms with Crippen molar-refractivity contribution in [2.24, 2.45) is 5.92 Å². The van der Waals surface area contributed by atoms with E-state index in [1.807, 2.05) is 4.68 Å². The van der Waals surface area contributed by atoms with Crippen molar-refractivity contribution in [2.45, 2.75) is 40.2 Å². The minimum atomic E-state index is 0.729. The number of aryl methyl sites for hydroxylation is 1. The van der Waals surface area contributed by atoms with Crippen LogP contribution in [-0.4, -0.2) is 9.78 Å². The zero-order valence-corrected chi connectivity index (χ0v) is 10.1. The van der Waals surface area contributed by atoms with E-state index in [0.717, 1.165) is 23.4 Å². The summed E-state index contributed by atoms with van der Waals surface area (Å²) in [6, 6.07) is 0. The predicted molar refractivity (Wildman–Crippen MR) is 57.6 cm³/mol. The molecule has 0 aliphatic carbocycles. The highest BCUT2D eigenvalue weighted by Gasteiger charge is 2.06. The molecule has 0 aliphatic heterocycles. The van der Waals surface area contributed by atoms with Gasteiger partial charge in [0.2, 0.25) is 0 Å². The Morgan fingerprint density at radius 2 is 2.23 bits per heavy atom. The van der Waals surface area contributed by atoms with Crippen molar-refractivity contribution in [3.63, 3.8) is 0 Å². The van der Waals surface area contributed by atoms with Crippen LogP contribution in [-0.2, 0) is 13.0 Å². The Balaban J connectivity index is 2.65. The molecule has 1 rings (SSSR count). The fourth-order valence-electron chi connectivity index (χ4n) is 1.25. The Labute approximate surface area is 88.5 Å². The van der Waals surface area contributed by atoms with Gasteiger partial charge in [-0.1, -0.05) is 20.8 Å². The van der Waals surface area contributed by atoms with Gasteiger partial charge in [-0.25, -0.2) is 0 Å². The van der Waals surface area contributed by atoms with Crippen LogP contribution in [0.15, 0.2) is 4.47 Å². The molecule has 1 aromatic rings. The third-order valence-corrected chi connectivity index (χ3v) is 2.72. The molecule has 3 heteroatoms. The second-order valence-electron chi connectivity index (χ2n) is 3.63. The topological polar surface area (TPSA) is 17.8 Å². The van der Waals surface area contributed by atoms with Crippen LogP contribution in [0, 0.1) is 12.1 Å². The number of halogens is 1. The summed E-state index contributed by atoms with van der Waals surface area (Å²) in [4.78, 5) is 0. The van der Waals surface area contributed by atoms with Crippen LogP contribution in [0.5, 0.6) is 0 Å². The molecule has 73 valence electrons. The zero-order chi connectivity index (χ0) is 9.84. The first-order valence-electron chi connectivity index (χ1n) is 4.78. The van der Waals surface area contributed by atoms with Crippen molar-refractivity contribution >= 4 is 15.9 Å². The minimum Gasteiger partial charge on any atom is -0.268 e. The van der Waals surface area contributed by atoms with Gasteiger partial charge in [0.05, 0.1) is 10.2 Å². The quantitative estimate of drug-likeness (QED) is 0.795. The Morgan fingerprint density at radius 1 is 1.54 bits per heavy atom. The lowest BCUT2D eigenvalue weighted by Gasteiger charge is -2.07. The Morgan fingerprint density at radius 3 is 2.77 bits per heavy atom. The van der Waals surface area contributed by atoms with Crippen molar-refractivity contribution in [1.82, 2.24) is 9.78 Å². The van der Waals surface area contributed by atoms with E-state index in [4.69, 9.17) is 0 Å². The lowest BCUT2D eigenvalue weighted by Crippen LogP contribution is -2.06. The largest absolute Gasteiger partial charge is 0.268 e. The number of nitrogens with zero attached hydrogens (tertiary/aromatic N) is 2. The Kier molecular flexibility index (Phi) is 3.97. The summed E-state index contributed by atoms with van der Waals surface area (Å²) in [5.41, 5.74) is 1.25. The summed E-state index contributed by atoms with van der Waals surface area (Å²) in [5.74, 6) is 0.729. The molecule has 0 atom stereocenters. The van der Waals surface area contributed by atoms with E-state index in [2.05, 4.69) is 48.0 Å². The van der Waals surface area contributed by atoms with Crippen LogP contribution < -0.4 is 0 Å². The van der Waals surface area contributed by atoms with Crippen LogP contribution >= 0.6 is 15.9 Å². The molecule has 0 fully saturated rings. The summed E-state index contributed by atoms with van der Waals surface area (Å²) >= 11 is 3.45. The highest BCUT2D eigenvalue weighted by atomic mass is 79.9. The first kappa shape index (κ1) is 10.8. The van der Waals surface area contributed by atoms with E-state index in [1.54, 1.807) is 0 Å². The van der Waals surface area contributed by atoms with Crippen molar-refractivity contribution < 1.29 is 0 Å². The van der Waals surface area contributed by atoms with E-state index in [-0.39, 0.29) is 0 Å². The molecule has 0 unspecified atom stereocenters. The molecular formula is C10H16BrN2. The number of aromatic nitrogens is 2. The highest BCUT2D eigenvalue weighted by Crippen LogP contribution is 2.16. The first-order valence-corrected chi connectivity index (χ1v) is 5.57. The molecule has 13 heavy (non-hydrogen) atoms. The molecule has 0 saturated carbocycles. The molecule has 0 bridgehead atoms. The van der Waals surface area contributed by atoms with E-state index in [1.165, 1.54) is 12.1 Å². The summed E-state index contributed by atoms with van der Waals surface area (Å²) in [7, 11) is 0. The minimum absolute atomic E-state index is 0.729. The molecular weight excluding hydrogens is 228 g/mol. The number of hydrogen-bond donors (Lipinski definition) is 0. The van der Waals surface area contributed by atoms with Gasteiger partial charge in [0.25, 0.3) is 0 Å². The highest BCUT2D eigenvalue weighted by molar-refractivity contribution is 9.10. The van der Waals surface area contributed by atoms with E-state index < -0.39 is 0 Å². The molecule has 0 aromatic carbocycles. The van der Waals surface area contributed by atoms with Gasteiger partial charge >= 0.3 is 0 Å². The lowest BCUT2D eigenvalue weighted by atomic mass is 10.1. The maximum Gasteiger partial charge on any atom is 0.128 e. The second kappa shape index (κ2) is 4.80. The lowest BCUT2D eigenvalue weighted by molar-refractivity contribution is 0.476. The maximum atomic E-state index is 4.20. The standard InChI is InChI=1S/C10H16BrN2/c1-4-10-9(11)7-12-13(10)6-5-8(2)3/h8H,4-6H2,1-3H3. The summed E-state index contributed by atoms with van der Waals surface area (Å²) in [5, 5.41) is 4.20. The fourth-order valence-corrected chi connectivity index (χ4v) is 1.81. The maximum absolute atomic E-state index is 4.20. The molecule has 0 aliphatic rings. The van der Waals surface area contributed by atoms with Crippen molar-refractivity contribution in [2.75, 3.05) is 0 Å². The normalized spacial score (nSPS) is 11.2. The van der Waals surface area contributed by atoms with Gasteiger partial charge in [-0.3, -0.25) is 4.68 Å². The molecule has 0 N–H and O–H groups in total. The number of rotatable bonds is 4. The second-order valence-corrected chi connectivity index (χ2v) is 4.42. The summed E-state index contributed by atoms with van der Waals surface area (Å²) in [6.45, 7) is 7.60. The molecule has 1 radical (unpaired) electrons. The smallest absolute Gasteiger partial charge is 0.128 e. The molecule has 1 heterocycles. The Hall–Kier alpha value is -0.310. The van der Waals surface area contributed by atoms with Crippen molar-refractivity contribution in [3.8, 4) is 0 Å².